The zero-order valence-corrected chi connectivity index (χ0v) is 11.6. The molecule has 1 fully saturated rings. The highest BCUT2D eigenvalue weighted by atomic mass is 19.1. The molecule has 1 aliphatic rings. The van der Waals surface area contributed by atoms with Gasteiger partial charge in [0.2, 0.25) is 5.91 Å². The Morgan fingerprint density at radius 2 is 2.29 bits per heavy atom. The van der Waals surface area contributed by atoms with E-state index in [9.17, 15) is 9.18 Å². The fourth-order valence-electron chi connectivity index (χ4n) is 2.77. The summed E-state index contributed by atoms with van der Waals surface area (Å²) in [5.74, 6) is -0.211. The Hall–Kier alpha value is -2.37. The van der Waals surface area contributed by atoms with Crippen LogP contribution in [0.15, 0.2) is 30.5 Å². The molecular formula is C15H17FN4O. The summed E-state index contributed by atoms with van der Waals surface area (Å²) < 4.78 is 13.6. The van der Waals surface area contributed by atoms with Crippen LogP contribution in [0.4, 0.5) is 10.1 Å². The van der Waals surface area contributed by atoms with Crippen molar-refractivity contribution in [3.05, 3.63) is 47.5 Å². The van der Waals surface area contributed by atoms with Crippen molar-refractivity contribution in [3.63, 3.8) is 0 Å². The Morgan fingerprint density at radius 3 is 3.00 bits per heavy atom. The number of aromatic amines is 1. The van der Waals surface area contributed by atoms with E-state index in [4.69, 9.17) is 5.73 Å². The van der Waals surface area contributed by atoms with Crippen LogP contribution >= 0.6 is 0 Å². The molecule has 0 bridgehead atoms. The van der Waals surface area contributed by atoms with Crippen LogP contribution in [-0.4, -0.2) is 34.1 Å². The van der Waals surface area contributed by atoms with E-state index in [-0.39, 0.29) is 24.1 Å². The minimum absolute atomic E-state index is 0.0549. The summed E-state index contributed by atoms with van der Waals surface area (Å²) in [5, 5.41) is 6.81. The Labute approximate surface area is 121 Å². The SMILES string of the molecule is Nc1cn[nH]c1C1CCN(C(=O)Cc2ccccc2F)C1. The first-order valence-electron chi connectivity index (χ1n) is 6.95. The topological polar surface area (TPSA) is 75.0 Å². The number of nitrogens with one attached hydrogen (secondary N) is 1. The van der Waals surface area contributed by atoms with E-state index in [0.29, 0.717) is 24.3 Å². The predicted molar refractivity (Wildman–Crippen MR) is 77.0 cm³/mol. The molecule has 2 aromatic rings. The van der Waals surface area contributed by atoms with E-state index in [1.54, 1.807) is 29.3 Å². The molecular weight excluding hydrogens is 271 g/mol. The highest BCUT2D eigenvalue weighted by Crippen LogP contribution is 2.29. The molecule has 1 aromatic heterocycles. The zero-order valence-electron chi connectivity index (χ0n) is 11.6. The van der Waals surface area contributed by atoms with Crippen LogP contribution in [0, 0.1) is 5.82 Å². The summed E-state index contributed by atoms with van der Waals surface area (Å²) in [4.78, 5) is 14.0. The number of halogens is 1. The second kappa shape index (κ2) is 5.55. The zero-order chi connectivity index (χ0) is 14.8. The van der Waals surface area contributed by atoms with Crippen molar-refractivity contribution in [3.8, 4) is 0 Å². The van der Waals surface area contributed by atoms with Crippen molar-refractivity contribution in [2.75, 3.05) is 18.8 Å². The number of hydrogen-bond donors (Lipinski definition) is 2. The van der Waals surface area contributed by atoms with E-state index in [1.807, 2.05) is 0 Å². The number of aromatic nitrogens is 2. The summed E-state index contributed by atoms with van der Waals surface area (Å²) in [6, 6.07) is 6.38. The maximum absolute atomic E-state index is 13.6. The number of anilines is 1. The van der Waals surface area contributed by atoms with Crippen LogP contribution < -0.4 is 5.73 Å². The minimum atomic E-state index is -0.334. The fourth-order valence-corrected chi connectivity index (χ4v) is 2.77. The summed E-state index contributed by atoms with van der Waals surface area (Å²) in [5.41, 5.74) is 7.79. The van der Waals surface area contributed by atoms with E-state index in [0.717, 1.165) is 12.1 Å². The van der Waals surface area contributed by atoms with Crippen LogP contribution in [0.2, 0.25) is 0 Å². The van der Waals surface area contributed by atoms with E-state index >= 15 is 0 Å². The van der Waals surface area contributed by atoms with Crippen molar-refractivity contribution < 1.29 is 9.18 Å². The van der Waals surface area contributed by atoms with Gasteiger partial charge >= 0.3 is 0 Å². The maximum atomic E-state index is 13.6. The normalized spacial score (nSPS) is 18.1. The lowest BCUT2D eigenvalue weighted by atomic mass is 10.0. The molecule has 5 nitrogen and oxygen atoms in total. The van der Waals surface area contributed by atoms with Gasteiger partial charge in [0.1, 0.15) is 5.82 Å². The molecule has 0 saturated carbocycles. The molecule has 1 aliphatic heterocycles. The molecule has 3 rings (SSSR count). The molecule has 21 heavy (non-hydrogen) atoms. The first-order chi connectivity index (χ1) is 10.1. The summed E-state index contributed by atoms with van der Waals surface area (Å²) >= 11 is 0. The standard InChI is InChI=1S/C15H17FN4O/c16-12-4-2-1-3-10(12)7-14(21)20-6-5-11(9-20)15-13(17)8-18-19-15/h1-4,8,11H,5-7,9,17H2,(H,18,19). The number of nitrogen functional groups attached to an aromatic ring is 1. The molecule has 0 radical (unpaired) electrons. The molecule has 0 spiro atoms. The van der Waals surface area contributed by atoms with Crippen molar-refractivity contribution >= 4 is 11.6 Å². The molecule has 1 unspecified atom stereocenters. The second-order valence-electron chi connectivity index (χ2n) is 5.33. The molecule has 1 amide bonds. The molecule has 1 saturated heterocycles. The Kier molecular flexibility index (Phi) is 3.60. The molecule has 3 N–H and O–H groups in total. The Bertz CT molecular complexity index is 655. The van der Waals surface area contributed by atoms with Crippen molar-refractivity contribution in [2.24, 2.45) is 0 Å². The van der Waals surface area contributed by atoms with Crippen LogP contribution in [0.1, 0.15) is 23.6 Å². The largest absolute Gasteiger partial charge is 0.396 e. The lowest BCUT2D eigenvalue weighted by Crippen LogP contribution is -2.30. The first kappa shape index (κ1) is 13.6. The number of hydrogen-bond acceptors (Lipinski definition) is 3. The smallest absolute Gasteiger partial charge is 0.227 e. The van der Waals surface area contributed by atoms with Crippen molar-refractivity contribution in [2.45, 2.75) is 18.8 Å². The average Bonchev–Trinajstić information content (AvgIpc) is 3.09. The fraction of sp³-hybridized carbons (Fsp3) is 0.333. The summed E-state index contributed by atoms with van der Waals surface area (Å²) in [7, 11) is 0. The van der Waals surface area contributed by atoms with Gasteiger partial charge in [0.05, 0.1) is 24.0 Å². The van der Waals surface area contributed by atoms with Gasteiger partial charge in [-0.1, -0.05) is 18.2 Å². The number of H-pyrrole nitrogens is 1. The number of carbonyl (C=O) groups is 1. The lowest BCUT2D eigenvalue weighted by molar-refractivity contribution is -0.129. The molecule has 1 aromatic carbocycles. The van der Waals surface area contributed by atoms with Gasteiger partial charge in [0, 0.05) is 19.0 Å². The van der Waals surface area contributed by atoms with Gasteiger partial charge < -0.3 is 10.6 Å². The van der Waals surface area contributed by atoms with Crippen molar-refractivity contribution in [1.29, 1.82) is 0 Å². The highest BCUT2D eigenvalue weighted by Gasteiger charge is 2.29. The highest BCUT2D eigenvalue weighted by molar-refractivity contribution is 5.79. The number of likely N-dealkylation sites (tertiary alicyclic amines) is 1. The number of nitrogens with two attached hydrogens (primary N) is 1. The summed E-state index contributed by atoms with van der Waals surface area (Å²) in [6.07, 6.45) is 2.52. The second-order valence-corrected chi connectivity index (χ2v) is 5.33. The molecule has 2 heterocycles. The lowest BCUT2D eigenvalue weighted by Gasteiger charge is -2.16. The van der Waals surface area contributed by atoms with Gasteiger partial charge in [-0.15, -0.1) is 0 Å². The van der Waals surface area contributed by atoms with Gasteiger partial charge in [0.25, 0.3) is 0 Å². The number of rotatable bonds is 3. The van der Waals surface area contributed by atoms with Gasteiger partial charge in [-0.25, -0.2) is 4.39 Å². The molecule has 110 valence electrons. The summed E-state index contributed by atoms with van der Waals surface area (Å²) in [6.45, 7) is 1.26. The number of nitrogens with zero attached hydrogens (tertiary/aromatic N) is 2. The number of carbonyl (C=O) groups excluding carboxylic acids is 1. The van der Waals surface area contributed by atoms with E-state index in [1.165, 1.54) is 6.07 Å². The van der Waals surface area contributed by atoms with Gasteiger partial charge in [0.15, 0.2) is 0 Å². The number of amides is 1. The average molecular weight is 288 g/mol. The van der Waals surface area contributed by atoms with Gasteiger partial charge in [-0.05, 0) is 18.1 Å². The monoisotopic (exact) mass is 288 g/mol. The molecule has 0 aliphatic carbocycles. The quantitative estimate of drug-likeness (QED) is 0.902. The maximum Gasteiger partial charge on any atom is 0.227 e. The van der Waals surface area contributed by atoms with E-state index < -0.39 is 0 Å². The molecule has 6 heteroatoms. The Morgan fingerprint density at radius 1 is 1.48 bits per heavy atom. The first-order valence-corrected chi connectivity index (χ1v) is 6.95. The minimum Gasteiger partial charge on any atom is -0.396 e. The van der Waals surface area contributed by atoms with E-state index in [2.05, 4.69) is 10.2 Å². The number of benzene rings is 1. The third kappa shape index (κ3) is 2.74. The van der Waals surface area contributed by atoms with Crippen LogP contribution in [-0.2, 0) is 11.2 Å². The van der Waals surface area contributed by atoms with Crippen LogP contribution in [0.3, 0.4) is 0 Å². The third-order valence-electron chi connectivity index (χ3n) is 3.95. The van der Waals surface area contributed by atoms with Crippen LogP contribution in [0.25, 0.3) is 0 Å². The van der Waals surface area contributed by atoms with Crippen molar-refractivity contribution in [1.82, 2.24) is 15.1 Å². The van der Waals surface area contributed by atoms with Gasteiger partial charge in [-0.3, -0.25) is 9.89 Å². The molecule has 1 atom stereocenters. The van der Waals surface area contributed by atoms with Crippen LogP contribution in [0.5, 0.6) is 0 Å². The Balaban J connectivity index is 1.65. The van der Waals surface area contributed by atoms with Gasteiger partial charge in [-0.2, -0.15) is 5.10 Å². The predicted octanol–water partition coefficient (Wildman–Crippen LogP) is 1.69. The third-order valence-corrected chi connectivity index (χ3v) is 3.95.